The first-order valence-corrected chi connectivity index (χ1v) is 6.96. The molecular formula is C12H12O5S. The molecule has 0 amide bonds. The molecule has 1 aliphatic rings. The molecular weight excluding hydrogens is 256 g/mol. The van der Waals surface area contributed by atoms with Gasteiger partial charge in [-0.15, -0.1) is 0 Å². The second kappa shape index (κ2) is 4.20. The van der Waals surface area contributed by atoms with Crippen molar-refractivity contribution >= 4 is 21.6 Å². The summed E-state index contributed by atoms with van der Waals surface area (Å²) in [6, 6.07) is 2.87. The molecule has 0 N–H and O–H groups in total. The van der Waals surface area contributed by atoms with E-state index in [1.807, 2.05) is 0 Å². The van der Waals surface area contributed by atoms with E-state index < -0.39 is 21.6 Å². The number of fused-ring (bicyclic) bond motifs is 1. The average Bonchev–Trinajstić information content (AvgIpc) is 2.25. The van der Waals surface area contributed by atoms with Gasteiger partial charge in [0.25, 0.3) is 0 Å². The van der Waals surface area contributed by atoms with Crippen LogP contribution in [-0.2, 0) is 25.8 Å². The number of sulfone groups is 1. The van der Waals surface area contributed by atoms with Crippen LogP contribution in [0.5, 0.6) is 0 Å². The molecule has 0 atom stereocenters. The Morgan fingerprint density at radius 1 is 1.33 bits per heavy atom. The van der Waals surface area contributed by atoms with Gasteiger partial charge in [0.2, 0.25) is 0 Å². The molecule has 0 bridgehead atoms. The fourth-order valence-electron chi connectivity index (χ4n) is 2.06. The molecule has 96 valence electrons. The van der Waals surface area contributed by atoms with Crippen LogP contribution in [0, 0.1) is 6.92 Å². The van der Waals surface area contributed by atoms with Crippen LogP contribution in [0.2, 0.25) is 0 Å². The number of ketones is 1. The highest BCUT2D eigenvalue weighted by atomic mass is 32.2. The van der Waals surface area contributed by atoms with E-state index in [4.69, 9.17) is 0 Å². The molecule has 0 saturated carbocycles. The van der Waals surface area contributed by atoms with Crippen molar-refractivity contribution < 1.29 is 22.7 Å². The Morgan fingerprint density at radius 2 is 2.00 bits per heavy atom. The fourth-order valence-corrected chi connectivity index (χ4v) is 3.57. The Bertz CT molecular complexity index is 643. The zero-order chi connectivity index (χ0) is 13.5. The largest absolute Gasteiger partial charge is 0.465 e. The van der Waals surface area contributed by atoms with Gasteiger partial charge in [0.1, 0.15) is 5.75 Å². The molecule has 0 spiro atoms. The van der Waals surface area contributed by atoms with Crippen LogP contribution < -0.4 is 0 Å². The highest BCUT2D eigenvalue weighted by Crippen LogP contribution is 2.27. The molecule has 1 aliphatic heterocycles. The summed E-state index contributed by atoms with van der Waals surface area (Å²) in [4.78, 5) is 22.9. The number of carbonyl (C=O) groups excluding carboxylic acids is 2. The lowest BCUT2D eigenvalue weighted by atomic mass is 10.0. The number of hydrogen-bond acceptors (Lipinski definition) is 5. The highest BCUT2D eigenvalue weighted by Gasteiger charge is 2.30. The predicted octanol–water partition coefficient (Wildman–Crippen LogP) is 0.681. The van der Waals surface area contributed by atoms with E-state index in [-0.39, 0.29) is 22.7 Å². The minimum absolute atomic E-state index is 0.0631. The second-order valence-corrected chi connectivity index (χ2v) is 6.20. The maximum absolute atomic E-state index is 11.9. The highest BCUT2D eigenvalue weighted by molar-refractivity contribution is 7.92. The Kier molecular flexibility index (Phi) is 2.98. The number of benzene rings is 1. The number of rotatable bonds is 1. The lowest BCUT2D eigenvalue weighted by Crippen LogP contribution is -2.26. The summed E-state index contributed by atoms with van der Waals surface area (Å²) in [7, 11) is -2.39. The van der Waals surface area contributed by atoms with E-state index in [0.717, 1.165) is 0 Å². The van der Waals surface area contributed by atoms with E-state index in [9.17, 15) is 18.0 Å². The lowest BCUT2D eigenvalue weighted by molar-refractivity contribution is -0.116. The monoisotopic (exact) mass is 268 g/mol. The zero-order valence-corrected chi connectivity index (χ0v) is 10.8. The second-order valence-electron chi connectivity index (χ2n) is 4.24. The van der Waals surface area contributed by atoms with Crippen molar-refractivity contribution in [3.05, 3.63) is 28.8 Å². The third-order valence-electron chi connectivity index (χ3n) is 2.89. The van der Waals surface area contributed by atoms with Crippen molar-refractivity contribution in [3.8, 4) is 0 Å². The van der Waals surface area contributed by atoms with Crippen LogP contribution >= 0.6 is 0 Å². The molecule has 1 aromatic carbocycles. The number of esters is 1. The first-order valence-electron chi connectivity index (χ1n) is 5.31. The fraction of sp³-hybridized carbons (Fsp3) is 0.333. The lowest BCUT2D eigenvalue weighted by Gasteiger charge is -2.17. The Hall–Kier alpha value is -1.69. The number of carbonyl (C=O) groups is 2. The molecule has 0 aromatic heterocycles. The van der Waals surface area contributed by atoms with Crippen LogP contribution in [0.3, 0.4) is 0 Å². The molecule has 0 saturated heterocycles. The smallest absolute Gasteiger partial charge is 0.338 e. The number of methoxy groups -OCH3 is 1. The summed E-state index contributed by atoms with van der Waals surface area (Å²) in [5.41, 5.74) is 1.27. The summed E-state index contributed by atoms with van der Waals surface area (Å²) in [5.74, 6) is -1.40. The van der Waals surface area contributed by atoms with Crippen molar-refractivity contribution in [2.24, 2.45) is 0 Å². The third kappa shape index (κ3) is 2.03. The molecule has 2 rings (SSSR count). The molecule has 1 aromatic rings. The molecule has 0 aliphatic carbocycles. The van der Waals surface area contributed by atoms with E-state index in [1.54, 1.807) is 13.0 Å². The quantitative estimate of drug-likeness (QED) is 0.700. The van der Waals surface area contributed by atoms with Crippen molar-refractivity contribution in [1.82, 2.24) is 0 Å². The van der Waals surface area contributed by atoms with Gasteiger partial charge in [0.15, 0.2) is 15.6 Å². The Labute approximate surface area is 105 Å². The average molecular weight is 268 g/mol. The van der Waals surface area contributed by atoms with Gasteiger partial charge < -0.3 is 4.74 Å². The minimum atomic E-state index is -3.63. The molecule has 0 radical (unpaired) electrons. The number of ether oxygens (including phenoxy) is 1. The summed E-state index contributed by atoms with van der Waals surface area (Å²) in [6.45, 7) is 1.68. The zero-order valence-electron chi connectivity index (χ0n) is 10.0. The summed E-state index contributed by atoms with van der Waals surface area (Å²) >= 11 is 0. The van der Waals surface area contributed by atoms with Gasteiger partial charge >= 0.3 is 5.97 Å². The van der Waals surface area contributed by atoms with E-state index in [2.05, 4.69) is 4.74 Å². The minimum Gasteiger partial charge on any atom is -0.465 e. The number of Topliss-reactive ketones (excluding diaryl/α,β-unsaturated/α-hetero) is 1. The predicted molar refractivity (Wildman–Crippen MR) is 63.3 cm³/mol. The number of hydrogen-bond donors (Lipinski definition) is 0. The summed E-state index contributed by atoms with van der Waals surface area (Å²) in [6.07, 6.45) is 0.0941. The molecule has 1 heterocycles. The molecule has 5 nitrogen and oxygen atoms in total. The van der Waals surface area contributed by atoms with Crippen LogP contribution in [0.15, 0.2) is 17.0 Å². The summed E-state index contributed by atoms with van der Waals surface area (Å²) < 4.78 is 28.4. The van der Waals surface area contributed by atoms with Crippen LogP contribution in [0.1, 0.15) is 21.5 Å². The van der Waals surface area contributed by atoms with Crippen molar-refractivity contribution in [3.63, 3.8) is 0 Å². The van der Waals surface area contributed by atoms with Crippen LogP contribution in [0.25, 0.3) is 0 Å². The van der Waals surface area contributed by atoms with Gasteiger partial charge in [-0.25, -0.2) is 13.2 Å². The standard InChI is InChI=1S/C12H12O5S/c1-7-3-8-4-9(13)6-18(15,16)11(8)5-10(7)12(14)17-2/h3,5H,4,6H2,1-2H3. The van der Waals surface area contributed by atoms with Crippen LogP contribution in [-0.4, -0.2) is 33.0 Å². The molecule has 6 heteroatoms. The van der Waals surface area contributed by atoms with E-state index in [0.29, 0.717) is 11.1 Å². The van der Waals surface area contributed by atoms with Gasteiger partial charge in [0, 0.05) is 6.42 Å². The maximum Gasteiger partial charge on any atom is 0.338 e. The summed E-state index contributed by atoms with van der Waals surface area (Å²) in [5, 5.41) is 0. The molecule has 18 heavy (non-hydrogen) atoms. The number of aryl methyl sites for hydroxylation is 1. The van der Waals surface area contributed by atoms with Crippen molar-refractivity contribution in [2.45, 2.75) is 18.2 Å². The first kappa shape index (κ1) is 12.8. The maximum atomic E-state index is 11.9. The topological polar surface area (TPSA) is 77.5 Å². The van der Waals surface area contributed by atoms with Gasteiger partial charge in [-0.3, -0.25) is 4.79 Å². The Morgan fingerprint density at radius 3 is 2.61 bits per heavy atom. The van der Waals surface area contributed by atoms with Gasteiger partial charge in [-0.05, 0) is 24.1 Å². The van der Waals surface area contributed by atoms with E-state index >= 15 is 0 Å². The molecule has 0 fully saturated rings. The van der Waals surface area contributed by atoms with Crippen molar-refractivity contribution in [2.75, 3.05) is 12.9 Å². The van der Waals surface area contributed by atoms with Crippen molar-refractivity contribution in [1.29, 1.82) is 0 Å². The third-order valence-corrected chi connectivity index (χ3v) is 4.64. The Balaban J connectivity index is 2.68. The SMILES string of the molecule is COC(=O)c1cc2c(cc1C)CC(=O)CS2(=O)=O. The molecule has 0 unspecified atom stereocenters. The normalized spacial score (nSPS) is 17.1. The van der Waals surface area contributed by atoms with Gasteiger partial charge in [-0.1, -0.05) is 6.07 Å². The van der Waals surface area contributed by atoms with Gasteiger partial charge in [0.05, 0.1) is 17.6 Å². The van der Waals surface area contributed by atoms with E-state index in [1.165, 1.54) is 13.2 Å². The van der Waals surface area contributed by atoms with Gasteiger partial charge in [-0.2, -0.15) is 0 Å². The van der Waals surface area contributed by atoms with Crippen LogP contribution in [0.4, 0.5) is 0 Å². The first-order chi connectivity index (χ1) is 8.35.